The maximum absolute atomic E-state index is 11.3. The van der Waals surface area contributed by atoms with E-state index in [0.717, 1.165) is 0 Å². The van der Waals surface area contributed by atoms with Crippen LogP contribution in [-0.4, -0.2) is 24.8 Å². The van der Waals surface area contributed by atoms with Crippen LogP contribution in [-0.2, 0) is 4.79 Å². The zero-order chi connectivity index (χ0) is 12.3. The van der Waals surface area contributed by atoms with Crippen LogP contribution in [0.15, 0.2) is 18.2 Å². The normalized spacial score (nSPS) is 12.9. The Morgan fingerprint density at radius 2 is 1.94 bits per heavy atom. The largest absolute Gasteiger partial charge is 0.302 e. The molecule has 0 saturated carbocycles. The number of nitrogens with zero attached hydrogens (tertiary/aromatic N) is 1. The van der Waals surface area contributed by atoms with Crippen LogP contribution in [0.1, 0.15) is 36.1 Å². The zero-order valence-corrected chi connectivity index (χ0v) is 10.9. The van der Waals surface area contributed by atoms with Gasteiger partial charge in [-0.1, -0.05) is 23.8 Å². The molecule has 1 aromatic rings. The molecule has 1 aromatic carbocycles. The van der Waals surface area contributed by atoms with Crippen LogP contribution in [0.4, 0.5) is 0 Å². The molecular weight excluding hydrogens is 198 g/mol. The van der Waals surface area contributed by atoms with Crippen molar-refractivity contribution in [2.75, 3.05) is 14.1 Å². The van der Waals surface area contributed by atoms with Crippen molar-refractivity contribution in [3.63, 3.8) is 0 Å². The van der Waals surface area contributed by atoms with Crippen molar-refractivity contribution < 1.29 is 4.79 Å². The van der Waals surface area contributed by atoms with Gasteiger partial charge in [0.1, 0.15) is 5.78 Å². The van der Waals surface area contributed by atoms with Crippen molar-refractivity contribution in [1.82, 2.24) is 4.90 Å². The molecule has 0 aliphatic carbocycles. The minimum Gasteiger partial charge on any atom is -0.302 e. The molecule has 0 radical (unpaired) electrons. The molecule has 0 bridgehead atoms. The standard InChI is InChI=1S/C14H21NO/c1-10-6-7-13(11(2)8-10)14(15(4)5)9-12(3)16/h6-8,14H,9H2,1-5H3. The molecule has 2 nitrogen and oxygen atoms in total. The first-order valence-electron chi connectivity index (χ1n) is 5.65. The molecule has 0 saturated heterocycles. The van der Waals surface area contributed by atoms with Crippen molar-refractivity contribution in [2.45, 2.75) is 33.2 Å². The van der Waals surface area contributed by atoms with E-state index in [0.29, 0.717) is 6.42 Å². The van der Waals surface area contributed by atoms with Crippen LogP contribution in [0.25, 0.3) is 0 Å². The SMILES string of the molecule is CC(=O)CC(c1ccc(C)cc1C)N(C)C. The number of ketones is 1. The highest BCUT2D eigenvalue weighted by molar-refractivity contribution is 5.76. The van der Waals surface area contributed by atoms with E-state index in [4.69, 9.17) is 0 Å². The molecule has 0 aliphatic heterocycles. The Morgan fingerprint density at radius 1 is 1.31 bits per heavy atom. The van der Waals surface area contributed by atoms with Gasteiger partial charge in [-0.2, -0.15) is 0 Å². The van der Waals surface area contributed by atoms with Gasteiger partial charge in [0.2, 0.25) is 0 Å². The number of hydrogen-bond acceptors (Lipinski definition) is 2. The van der Waals surface area contributed by atoms with E-state index < -0.39 is 0 Å². The average Bonchev–Trinajstić information content (AvgIpc) is 2.14. The predicted molar refractivity (Wildman–Crippen MR) is 67.6 cm³/mol. The number of carbonyl (C=O) groups is 1. The molecule has 0 aromatic heterocycles. The van der Waals surface area contributed by atoms with Gasteiger partial charge in [0, 0.05) is 12.5 Å². The van der Waals surface area contributed by atoms with Gasteiger partial charge >= 0.3 is 0 Å². The quantitative estimate of drug-likeness (QED) is 0.776. The summed E-state index contributed by atoms with van der Waals surface area (Å²) in [5.74, 6) is 0.235. The van der Waals surface area contributed by atoms with Crippen LogP contribution in [0.3, 0.4) is 0 Å². The zero-order valence-electron chi connectivity index (χ0n) is 10.9. The molecule has 1 rings (SSSR count). The van der Waals surface area contributed by atoms with Crippen LogP contribution < -0.4 is 0 Å². The highest BCUT2D eigenvalue weighted by Crippen LogP contribution is 2.25. The fourth-order valence-corrected chi connectivity index (χ4v) is 2.04. The minimum absolute atomic E-state index is 0.193. The number of hydrogen-bond donors (Lipinski definition) is 0. The van der Waals surface area contributed by atoms with E-state index in [1.165, 1.54) is 16.7 Å². The summed E-state index contributed by atoms with van der Waals surface area (Å²) < 4.78 is 0. The fourth-order valence-electron chi connectivity index (χ4n) is 2.04. The Morgan fingerprint density at radius 3 is 2.38 bits per heavy atom. The summed E-state index contributed by atoms with van der Waals surface area (Å²) in [7, 11) is 4.04. The number of rotatable bonds is 4. The van der Waals surface area contributed by atoms with Gasteiger partial charge in [-0.15, -0.1) is 0 Å². The van der Waals surface area contributed by atoms with Crippen LogP contribution in [0, 0.1) is 13.8 Å². The van der Waals surface area contributed by atoms with Crippen molar-refractivity contribution >= 4 is 5.78 Å². The number of Topliss-reactive ketones (excluding diaryl/α,β-unsaturated/α-hetero) is 1. The summed E-state index contributed by atoms with van der Waals surface area (Å²) in [6, 6.07) is 6.61. The number of benzene rings is 1. The Labute approximate surface area is 98.3 Å². The second kappa shape index (κ2) is 5.26. The molecule has 0 amide bonds. The van der Waals surface area contributed by atoms with Crippen molar-refractivity contribution in [2.24, 2.45) is 0 Å². The Kier molecular flexibility index (Phi) is 4.25. The molecular formula is C14H21NO. The summed E-state index contributed by atoms with van der Waals surface area (Å²) in [5.41, 5.74) is 3.78. The Balaban J connectivity index is 3.05. The van der Waals surface area contributed by atoms with Gasteiger partial charge in [0.15, 0.2) is 0 Å². The first-order valence-corrected chi connectivity index (χ1v) is 5.65. The topological polar surface area (TPSA) is 20.3 Å². The summed E-state index contributed by atoms with van der Waals surface area (Å²) in [4.78, 5) is 13.4. The molecule has 0 fully saturated rings. The Hall–Kier alpha value is -1.15. The van der Waals surface area contributed by atoms with Gasteiger partial charge in [-0.25, -0.2) is 0 Å². The lowest BCUT2D eigenvalue weighted by molar-refractivity contribution is -0.118. The third-order valence-electron chi connectivity index (χ3n) is 2.89. The summed E-state index contributed by atoms with van der Waals surface area (Å²) in [6.45, 7) is 5.85. The first-order chi connectivity index (χ1) is 7.41. The molecule has 0 aliphatic rings. The van der Waals surface area contributed by atoms with Gasteiger partial charge in [0.05, 0.1) is 0 Å². The predicted octanol–water partition coefficient (Wildman–Crippen LogP) is 2.89. The molecule has 0 spiro atoms. The van der Waals surface area contributed by atoms with E-state index >= 15 is 0 Å². The summed E-state index contributed by atoms with van der Waals surface area (Å²) >= 11 is 0. The third-order valence-corrected chi connectivity index (χ3v) is 2.89. The highest BCUT2D eigenvalue weighted by Gasteiger charge is 2.17. The van der Waals surface area contributed by atoms with Crippen LogP contribution in [0.2, 0.25) is 0 Å². The smallest absolute Gasteiger partial charge is 0.131 e. The first kappa shape index (κ1) is 12.9. The van der Waals surface area contributed by atoms with Crippen LogP contribution >= 0.6 is 0 Å². The van der Waals surface area contributed by atoms with E-state index in [1.54, 1.807) is 6.92 Å². The molecule has 16 heavy (non-hydrogen) atoms. The van der Waals surface area contributed by atoms with E-state index in [-0.39, 0.29) is 11.8 Å². The van der Waals surface area contributed by atoms with Crippen LogP contribution in [0.5, 0.6) is 0 Å². The highest BCUT2D eigenvalue weighted by atomic mass is 16.1. The van der Waals surface area contributed by atoms with Gasteiger partial charge in [-0.05, 0) is 46.0 Å². The third kappa shape index (κ3) is 3.17. The van der Waals surface area contributed by atoms with Gasteiger partial charge in [-0.3, -0.25) is 4.79 Å². The minimum atomic E-state index is 0.193. The maximum atomic E-state index is 11.3. The fraction of sp³-hybridized carbons (Fsp3) is 0.500. The van der Waals surface area contributed by atoms with Crippen molar-refractivity contribution in [3.8, 4) is 0 Å². The summed E-state index contributed by atoms with van der Waals surface area (Å²) in [5, 5.41) is 0. The molecule has 0 heterocycles. The van der Waals surface area contributed by atoms with Crippen molar-refractivity contribution in [3.05, 3.63) is 34.9 Å². The molecule has 0 N–H and O–H groups in total. The maximum Gasteiger partial charge on any atom is 0.131 e. The lowest BCUT2D eigenvalue weighted by atomic mass is 9.95. The molecule has 88 valence electrons. The summed E-state index contributed by atoms with van der Waals surface area (Å²) in [6.07, 6.45) is 0.580. The number of aryl methyl sites for hydroxylation is 2. The van der Waals surface area contributed by atoms with Crippen molar-refractivity contribution in [1.29, 1.82) is 0 Å². The number of carbonyl (C=O) groups excluding carboxylic acids is 1. The van der Waals surface area contributed by atoms with E-state index in [2.05, 4.69) is 36.9 Å². The lowest BCUT2D eigenvalue weighted by Gasteiger charge is -2.25. The van der Waals surface area contributed by atoms with E-state index in [1.807, 2.05) is 14.1 Å². The van der Waals surface area contributed by atoms with Gasteiger partial charge in [0.25, 0.3) is 0 Å². The molecule has 1 unspecified atom stereocenters. The Bertz CT molecular complexity index is 382. The average molecular weight is 219 g/mol. The van der Waals surface area contributed by atoms with Gasteiger partial charge < -0.3 is 4.90 Å². The lowest BCUT2D eigenvalue weighted by Crippen LogP contribution is -2.22. The second-order valence-electron chi connectivity index (χ2n) is 4.75. The molecule has 1 atom stereocenters. The molecule has 2 heteroatoms. The monoisotopic (exact) mass is 219 g/mol. The van der Waals surface area contributed by atoms with E-state index in [9.17, 15) is 4.79 Å². The second-order valence-corrected chi connectivity index (χ2v) is 4.75.